The molecule has 3 N–H and O–H groups in total. The first-order chi connectivity index (χ1) is 14.1. The van der Waals surface area contributed by atoms with Gasteiger partial charge in [-0.05, 0) is 54.2 Å². The number of carbonyl (C=O) groups excluding carboxylic acids is 2. The Morgan fingerprint density at radius 1 is 0.759 bits per heavy atom. The van der Waals surface area contributed by atoms with Crippen molar-refractivity contribution < 1.29 is 9.59 Å². The highest BCUT2D eigenvalue weighted by Gasteiger charge is 2.08. The number of thiocarbonyl (C=S) groups is 1. The van der Waals surface area contributed by atoms with Crippen LogP contribution >= 0.6 is 12.2 Å². The van der Waals surface area contributed by atoms with Gasteiger partial charge in [-0.3, -0.25) is 14.9 Å². The number of carbonyl (C=O) groups is 2. The van der Waals surface area contributed by atoms with Crippen molar-refractivity contribution in [1.29, 1.82) is 0 Å². The summed E-state index contributed by atoms with van der Waals surface area (Å²) in [6.45, 7) is 0. The molecule has 0 saturated heterocycles. The molecule has 3 rings (SSSR count). The Bertz CT molecular complexity index is 1030. The molecule has 0 saturated carbocycles. The van der Waals surface area contributed by atoms with Crippen LogP contribution in [0.15, 0.2) is 91.0 Å². The summed E-state index contributed by atoms with van der Waals surface area (Å²) in [6.07, 6.45) is 3.11. The van der Waals surface area contributed by atoms with Crippen molar-refractivity contribution in [2.75, 3.05) is 10.6 Å². The average molecular weight is 401 g/mol. The second-order valence-electron chi connectivity index (χ2n) is 6.09. The second kappa shape index (κ2) is 9.96. The standard InChI is InChI=1S/C23H19N3O2S/c27-21(15-14-17-8-3-1-4-9-17)26-23(29)25-20-13-7-10-18(16-20)22(28)24-19-11-5-2-6-12-19/h1-16H,(H,24,28)(H2,25,26,27,29)/b15-14+. The molecular formula is C23H19N3O2S. The maximum Gasteiger partial charge on any atom is 0.255 e. The molecule has 144 valence electrons. The van der Waals surface area contributed by atoms with Gasteiger partial charge < -0.3 is 10.6 Å². The zero-order chi connectivity index (χ0) is 20.5. The number of anilines is 2. The van der Waals surface area contributed by atoms with E-state index in [1.54, 1.807) is 30.3 Å². The Morgan fingerprint density at radius 3 is 2.14 bits per heavy atom. The predicted molar refractivity (Wildman–Crippen MR) is 121 cm³/mol. The van der Waals surface area contributed by atoms with E-state index in [0.29, 0.717) is 16.9 Å². The molecule has 0 aliphatic carbocycles. The molecule has 0 fully saturated rings. The Labute approximate surface area is 174 Å². The molecule has 0 heterocycles. The van der Waals surface area contributed by atoms with Crippen molar-refractivity contribution in [2.24, 2.45) is 0 Å². The quantitative estimate of drug-likeness (QED) is 0.436. The van der Waals surface area contributed by atoms with Gasteiger partial charge in [0.1, 0.15) is 0 Å². The zero-order valence-corrected chi connectivity index (χ0v) is 16.3. The molecule has 3 aromatic rings. The lowest BCUT2D eigenvalue weighted by atomic mass is 10.2. The number of para-hydroxylation sites is 1. The maximum atomic E-state index is 12.4. The van der Waals surface area contributed by atoms with Crippen LogP contribution in [0.4, 0.5) is 11.4 Å². The molecule has 0 aromatic heterocycles. The van der Waals surface area contributed by atoms with Gasteiger partial charge in [-0.15, -0.1) is 0 Å². The Hall–Kier alpha value is -3.77. The number of hydrogen-bond acceptors (Lipinski definition) is 3. The molecule has 0 bridgehead atoms. The van der Waals surface area contributed by atoms with Crippen LogP contribution in [-0.4, -0.2) is 16.9 Å². The predicted octanol–water partition coefficient (Wildman–Crippen LogP) is 4.47. The molecular weight excluding hydrogens is 382 g/mol. The Morgan fingerprint density at radius 2 is 1.41 bits per heavy atom. The summed E-state index contributed by atoms with van der Waals surface area (Å²) in [6, 6.07) is 25.6. The molecule has 2 amide bonds. The minimum atomic E-state index is -0.343. The van der Waals surface area contributed by atoms with Gasteiger partial charge in [0, 0.05) is 23.0 Å². The van der Waals surface area contributed by atoms with Gasteiger partial charge in [-0.2, -0.15) is 0 Å². The van der Waals surface area contributed by atoms with E-state index in [4.69, 9.17) is 12.2 Å². The number of hydrogen-bond donors (Lipinski definition) is 3. The molecule has 0 aliphatic heterocycles. The third-order valence-corrected chi connectivity index (χ3v) is 4.08. The summed E-state index contributed by atoms with van der Waals surface area (Å²) in [5.41, 5.74) is 2.70. The number of rotatable bonds is 5. The van der Waals surface area contributed by atoms with Crippen molar-refractivity contribution in [3.63, 3.8) is 0 Å². The molecule has 0 radical (unpaired) electrons. The van der Waals surface area contributed by atoms with Crippen LogP contribution in [-0.2, 0) is 4.79 Å². The second-order valence-corrected chi connectivity index (χ2v) is 6.50. The van der Waals surface area contributed by atoms with E-state index in [9.17, 15) is 9.59 Å². The van der Waals surface area contributed by atoms with Gasteiger partial charge in [-0.25, -0.2) is 0 Å². The largest absolute Gasteiger partial charge is 0.332 e. The monoisotopic (exact) mass is 401 g/mol. The number of amides is 2. The molecule has 0 spiro atoms. The van der Waals surface area contributed by atoms with Gasteiger partial charge in [-0.1, -0.05) is 54.6 Å². The van der Waals surface area contributed by atoms with Crippen LogP contribution in [0.2, 0.25) is 0 Å². The lowest BCUT2D eigenvalue weighted by Gasteiger charge is -2.10. The van der Waals surface area contributed by atoms with Gasteiger partial charge in [0.25, 0.3) is 5.91 Å². The highest BCUT2D eigenvalue weighted by Crippen LogP contribution is 2.13. The summed E-state index contributed by atoms with van der Waals surface area (Å²) < 4.78 is 0. The minimum absolute atomic E-state index is 0.147. The van der Waals surface area contributed by atoms with Gasteiger partial charge in [0.2, 0.25) is 5.91 Å². The summed E-state index contributed by atoms with van der Waals surface area (Å²) >= 11 is 5.18. The van der Waals surface area contributed by atoms with Crippen molar-refractivity contribution >= 4 is 46.6 Å². The van der Waals surface area contributed by atoms with Crippen molar-refractivity contribution in [1.82, 2.24) is 5.32 Å². The third kappa shape index (κ3) is 6.41. The van der Waals surface area contributed by atoms with Gasteiger partial charge >= 0.3 is 0 Å². The van der Waals surface area contributed by atoms with Gasteiger partial charge in [0.05, 0.1) is 0 Å². The van der Waals surface area contributed by atoms with Crippen LogP contribution in [0.5, 0.6) is 0 Å². The Kier molecular flexibility index (Phi) is 6.86. The van der Waals surface area contributed by atoms with Crippen molar-refractivity contribution in [2.45, 2.75) is 0 Å². The Balaban J connectivity index is 1.56. The average Bonchev–Trinajstić information content (AvgIpc) is 2.74. The molecule has 3 aromatic carbocycles. The number of benzene rings is 3. The van der Waals surface area contributed by atoms with E-state index in [2.05, 4.69) is 16.0 Å². The SMILES string of the molecule is O=C(/C=C/c1ccccc1)NC(=S)Nc1cccc(C(=O)Nc2ccccc2)c1. The summed E-state index contributed by atoms with van der Waals surface area (Å²) in [5, 5.41) is 8.47. The van der Waals surface area contributed by atoms with E-state index >= 15 is 0 Å². The maximum absolute atomic E-state index is 12.4. The highest BCUT2D eigenvalue weighted by molar-refractivity contribution is 7.80. The molecule has 0 unspecified atom stereocenters. The molecule has 6 heteroatoms. The van der Waals surface area contributed by atoms with Gasteiger partial charge in [0.15, 0.2) is 5.11 Å². The van der Waals surface area contributed by atoms with Crippen LogP contribution in [0.1, 0.15) is 15.9 Å². The van der Waals surface area contributed by atoms with Crippen LogP contribution in [0.25, 0.3) is 6.08 Å². The fourth-order valence-corrected chi connectivity index (χ4v) is 2.73. The normalized spacial score (nSPS) is 10.3. The highest BCUT2D eigenvalue weighted by atomic mass is 32.1. The van der Waals surface area contributed by atoms with Crippen LogP contribution in [0.3, 0.4) is 0 Å². The first-order valence-corrected chi connectivity index (χ1v) is 9.32. The topological polar surface area (TPSA) is 70.2 Å². The third-order valence-electron chi connectivity index (χ3n) is 3.88. The van der Waals surface area contributed by atoms with Crippen molar-refractivity contribution in [3.8, 4) is 0 Å². The summed E-state index contributed by atoms with van der Waals surface area (Å²) in [4.78, 5) is 24.4. The smallest absolute Gasteiger partial charge is 0.255 e. The van der Waals surface area contributed by atoms with E-state index in [0.717, 1.165) is 5.56 Å². The summed E-state index contributed by atoms with van der Waals surface area (Å²) in [5.74, 6) is -0.579. The van der Waals surface area contributed by atoms with Crippen LogP contribution < -0.4 is 16.0 Å². The molecule has 5 nitrogen and oxygen atoms in total. The molecule has 0 atom stereocenters. The lowest BCUT2D eigenvalue weighted by molar-refractivity contribution is -0.115. The van der Waals surface area contributed by atoms with Crippen molar-refractivity contribution in [3.05, 3.63) is 102 Å². The fourth-order valence-electron chi connectivity index (χ4n) is 2.51. The molecule has 29 heavy (non-hydrogen) atoms. The molecule has 0 aliphatic rings. The van der Waals surface area contributed by atoms with Crippen LogP contribution in [0, 0.1) is 0 Å². The van der Waals surface area contributed by atoms with E-state index < -0.39 is 0 Å². The first-order valence-electron chi connectivity index (χ1n) is 8.92. The zero-order valence-electron chi connectivity index (χ0n) is 15.5. The summed E-state index contributed by atoms with van der Waals surface area (Å²) in [7, 11) is 0. The minimum Gasteiger partial charge on any atom is -0.332 e. The van der Waals surface area contributed by atoms with E-state index in [1.165, 1.54) is 6.08 Å². The van der Waals surface area contributed by atoms with E-state index in [1.807, 2.05) is 60.7 Å². The number of nitrogens with one attached hydrogen (secondary N) is 3. The van der Waals surface area contributed by atoms with E-state index in [-0.39, 0.29) is 16.9 Å². The first kappa shape index (κ1) is 20.0. The fraction of sp³-hybridized carbons (Fsp3) is 0. The lowest BCUT2D eigenvalue weighted by Crippen LogP contribution is -2.32.